The lowest BCUT2D eigenvalue weighted by molar-refractivity contribution is -0.140. The summed E-state index contributed by atoms with van der Waals surface area (Å²) < 4.78 is 4.62. The molecule has 0 aliphatic rings. The average molecular weight is 325 g/mol. The molecule has 22 heavy (non-hydrogen) atoms. The van der Waals surface area contributed by atoms with Gasteiger partial charge in [0.25, 0.3) is 0 Å². The number of unbranched alkanes of at least 4 members (excludes halogenated alkanes) is 1. The van der Waals surface area contributed by atoms with Gasteiger partial charge >= 0.3 is 5.97 Å². The van der Waals surface area contributed by atoms with Gasteiger partial charge in [0.05, 0.1) is 7.11 Å². The van der Waals surface area contributed by atoms with E-state index in [1.807, 2.05) is 0 Å². The van der Waals surface area contributed by atoms with E-state index in [0.29, 0.717) is 6.42 Å². The highest BCUT2D eigenvalue weighted by atomic mass is 32.1. The van der Waals surface area contributed by atoms with Crippen LogP contribution in [0, 0.1) is 0 Å². The molecule has 6 heteroatoms. The fourth-order valence-electron chi connectivity index (χ4n) is 1.98. The largest absolute Gasteiger partial charge is 0.469 e. The number of guanidine groups is 1. The molecule has 0 radical (unpaired) electrons. The second-order valence-electron chi connectivity index (χ2n) is 5.75. The number of esters is 1. The van der Waals surface area contributed by atoms with E-state index < -0.39 is 0 Å². The zero-order valence-corrected chi connectivity index (χ0v) is 14.8. The Morgan fingerprint density at radius 2 is 2.14 bits per heavy atom. The minimum Gasteiger partial charge on any atom is -0.469 e. The number of ether oxygens (including phenoxy) is 1. The number of hydrogen-bond acceptors (Lipinski definition) is 4. The number of thiophene rings is 1. The number of carbonyl (C=O) groups is 1. The van der Waals surface area contributed by atoms with Crippen molar-refractivity contribution in [2.24, 2.45) is 4.99 Å². The highest BCUT2D eigenvalue weighted by Crippen LogP contribution is 2.26. The number of nitrogens with zero attached hydrogens (tertiary/aromatic N) is 1. The molecule has 0 saturated heterocycles. The number of aliphatic imine (C=N–C) groups is 1. The van der Waals surface area contributed by atoms with E-state index in [9.17, 15) is 4.79 Å². The Bertz CT molecular complexity index is 470. The van der Waals surface area contributed by atoms with Crippen molar-refractivity contribution in [3.05, 3.63) is 22.4 Å². The monoisotopic (exact) mass is 325 g/mol. The third kappa shape index (κ3) is 6.47. The molecule has 2 N–H and O–H groups in total. The summed E-state index contributed by atoms with van der Waals surface area (Å²) >= 11 is 1.77. The molecule has 0 aliphatic heterocycles. The standard InChI is InChI=1S/C16H27N3O2S/c1-16(2,13-8-7-11-22-13)12-19-15(17-3)18-10-6-5-9-14(20)21-4/h7-8,11H,5-6,9-10,12H2,1-4H3,(H2,17,18,19). The Morgan fingerprint density at radius 3 is 2.73 bits per heavy atom. The van der Waals surface area contributed by atoms with Gasteiger partial charge in [0, 0.05) is 36.9 Å². The Kier molecular flexibility index (Phi) is 7.95. The molecule has 1 heterocycles. The molecule has 0 aromatic carbocycles. The summed E-state index contributed by atoms with van der Waals surface area (Å²) in [6, 6.07) is 4.24. The molecule has 0 spiro atoms. The molecular formula is C16H27N3O2S. The maximum absolute atomic E-state index is 11.0. The molecule has 1 aromatic rings. The van der Waals surface area contributed by atoms with Gasteiger partial charge in [-0.15, -0.1) is 11.3 Å². The third-order valence-corrected chi connectivity index (χ3v) is 4.67. The van der Waals surface area contributed by atoms with Gasteiger partial charge in [0.1, 0.15) is 0 Å². The van der Waals surface area contributed by atoms with E-state index in [2.05, 4.69) is 51.7 Å². The van der Waals surface area contributed by atoms with Crippen molar-refractivity contribution >= 4 is 23.3 Å². The second-order valence-corrected chi connectivity index (χ2v) is 6.69. The van der Waals surface area contributed by atoms with Crippen molar-refractivity contribution < 1.29 is 9.53 Å². The summed E-state index contributed by atoms with van der Waals surface area (Å²) in [6.07, 6.45) is 2.19. The van der Waals surface area contributed by atoms with Gasteiger partial charge in [-0.1, -0.05) is 19.9 Å². The van der Waals surface area contributed by atoms with Crippen LogP contribution in [0.25, 0.3) is 0 Å². The van der Waals surface area contributed by atoms with Crippen molar-refractivity contribution in [2.75, 3.05) is 27.2 Å². The number of carbonyl (C=O) groups excluding carboxylic acids is 1. The van der Waals surface area contributed by atoms with Gasteiger partial charge in [-0.25, -0.2) is 0 Å². The van der Waals surface area contributed by atoms with Crippen LogP contribution >= 0.6 is 11.3 Å². The van der Waals surface area contributed by atoms with E-state index >= 15 is 0 Å². The summed E-state index contributed by atoms with van der Waals surface area (Å²) in [7, 11) is 3.18. The predicted octanol–water partition coefficient (Wildman–Crippen LogP) is 2.53. The molecule has 5 nitrogen and oxygen atoms in total. The van der Waals surface area contributed by atoms with Crippen LogP contribution in [0.1, 0.15) is 38.0 Å². The highest BCUT2D eigenvalue weighted by Gasteiger charge is 2.21. The van der Waals surface area contributed by atoms with Crippen LogP contribution < -0.4 is 10.6 Å². The van der Waals surface area contributed by atoms with Crippen molar-refractivity contribution in [1.82, 2.24) is 10.6 Å². The topological polar surface area (TPSA) is 62.7 Å². The maximum Gasteiger partial charge on any atom is 0.305 e. The highest BCUT2D eigenvalue weighted by molar-refractivity contribution is 7.10. The normalized spacial score (nSPS) is 12.1. The first-order valence-electron chi connectivity index (χ1n) is 7.55. The quantitative estimate of drug-likeness (QED) is 0.334. The molecule has 1 aromatic heterocycles. The average Bonchev–Trinajstić information content (AvgIpc) is 3.04. The van der Waals surface area contributed by atoms with Crippen LogP contribution in [-0.4, -0.2) is 39.2 Å². The van der Waals surface area contributed by atoms with Crippen LogP contribution in [0.5, 0.6) is 0 Å². The van der Waals surface area contributed by atoms with Crippen LogP contribution in [0.3, 0.4) is 0 Å². The predicted molar refractivity (Wildman–Crippen MR) is 92.6 cm³/mol. The summed E-state index contributed by atoms with van der Waals surface area (Å²) in [5.41, 5.74) is 0.0661. The van der Waals surface area contributed by atoms with Crippen molar-refractivity contribution in [3.8, 4) is 0 Å². The Balaban J connectivity index is 2.27. The second kappa shape index (κ2) is 9.46. The van der Waals surface area contributed by atoms with Crippen molar-refractivity contribution in [2.45, 2.75) is 38.5 Å². The van der Waals surface area contributed by atoms with E-state index in [-0.39, 0.29) is 11.4 Å². The summed E-state index contributed by atoms with van der Waals surface area (Å²) in [5, 5.41) is 8.73. The maximum atomic E-state index is 11.0. The minimum atomic E-state index is -0.153. The lowest BCUT2D eigenvalue weighted by atomic mass is 9.91. The van der Waals surface area contributed by atoms with Gasteiger partial charge in [0.15, 0.2) is 5.96 Å². The van der Waals surface area contributed by atoms with Gasteiger partial charge < -0.3 is 15.4 Å². The Hall–Kier alpha value is -1.56. The first kappa shape index (κ1) is 18.5. The molecule has 0 atom stereocenters. The molecule has 0 amide bonds. The van der Waals surface area contributed by atoms with Crippen LogP contribution in [0.4, 0.5) is 0 Å². The van der Waals surface area contributed by atoms with E-state index in [1.165, 1.54) is 12.0 Å². The van der Waals surface area contributed by atoms with Crippen LogP contribution in [0.15, 0.2) is 22.5 Å². The van der Waals surface area contributed by atoms with Gasteiger partial charge in [-0.2, -0.15) is 0 Å². The molecule has 0 aliphatic carbocycles. The fraction of sp³-hybridized carbons (Fsp3) is 0.625. The lowest BCUT2D eigenvalue weighted by Gasteiger charge is -2.25. The molecule has 0 bridgehead atoms. The third-order valence-electron chi connectivity index (χ3n) is 3.44. The molecule has 0 unspecified atom stereocenters. The van der Waals surface area contributed by atoms with E-state index in [0.717, 1.165) is 31.9 Å². The SMILES string of the molecule is CN=C(NCCCCC(=O)OC)NCC(C)(C)c1cccs1. The van der Waals surface area contributed by atoms with Gasteiger partial charge in [-0.3, -0.25) is 9.79 Å². The number of rotatable bonds is 8. The fourth-order valence-corrected chi connectivity index (χ4v) is 2.83. The minimum absolute atomic E-state index is 0.0661. The first-order valence-corrected chi connectivity index (χ1v) is 8.43. The molecule has 1 rings (SSSR count). The summed E-state index contributed by atoms with van der Waals surface area (Å²) in [5.74, 6) is 0.642. The van der Waals surface area contributed by atoms with Crippen molar-refractivity contribution in [3.63, 3.8) is 0 Å². The van der Waals surface area contributed by atoms with Gasteiger partial charge in [0.2, 0.25) is 0 Å². The summed E-state index contributed by atoms with van der Waals surface area (Å²) in [4.78, 5) is 16.6. The summed E-state index contributed by atoms with van der Waals surface area (Å²) in [6.45, 7) is 6.04. The first-order chi connectivity index (χ1) is 10.5. The van der Waals surface area contributed by atoms with E-state index in [4.69, 9.17) is 0 Å². The molecule has 0 fully saturated rings. The molecule has 0 saturated carbocycles. The van der Waals surface area contributed by atoms with E-state index in [1.54, 1.807) is 18.4 Å². The number of methoxy groups -OCH3 is 1. The van der Waals surface area contributed by atoms with Crippen LogP contribution in [-0.2, 0) is 14.9 Å². The molecular weight excluding hydrogens is 298 g/mol. The Labute approximate surface area is 137 Å². The lowest BCUT2D eigenvalue weighted by Crippen LogP contribution is -2.43. The smallest absolute Gasteiger partial charge is 0.305 e. The molecule has 124 valence electrons. The Morgan fingerprint density at radius 1 is 1.36 bits per heavy atom. The van der Waals surface area contributed by atoms with Crippen molar-refractivity contribution in [1.29, 1.82) is 0 Å². The zero-order valence-electron chi connectivity index (χ0n) is 13.9. The zero-order chi connectivity index (χ0) is 16.4. The van der Waals surface area contributed by atoms with Gasteiger partial charge in [-0.05, 0) is 24.3 Å². The van der Waals surface area contributed by atoms with Crippen LogP contribution in [0.2, 0.25) is 0 Å². The number of hydrogen-bond donors (Lipinski definition) is 2. The number of nitrogens with one attached hydrogen (secondary N) is 2.